The largest absolute Gasteiger partial charge is 0.346 e. The summed E-state index contributed by atoms with van der Waals surface area (Å²) in [6, 6.07) is 7.63. The van der Waals surface area contributed by atoms with Gasteiger partial charge < -0.3 is 9.42 Å². The van der Waals surface area contributed by atoms with Gasteiger partial charge in [-0.05, 0) is 25.0 Å². The summed E-state index contributed by atoms with van der Waals surface area (Å²) in [6.07, 6.45) is 2.02. The van der Waals surface area contributed by atoms with Crippen LogP contribution < -0.4 is 4.90 Å². The minimum atomic E-state index is 0.0719. The van der Waals surface area contributed by atoms with E-state index in [1.165, 1.54) is 0 Å². The Balaban J connectivity index is 1.89. The van der Waals surface area contributed by atoms with Gasteiger partial charge in [0, 0.05) is 12.5 Å². The third-order valence-corrected chi connectivity index (χ3v) is 3.65. The van der Waals surface area contributed by atoms with Crippen molar-refractivity contribution in [3.63, 3.8) is 0 Å². The van der Waals surface area contributed by atoms with Gasteiger partial charge in [-0.1, -0.05) is 25.1 Å². The van der Waals surface area contributed by atoms with Gasteiger partial charge in [-0.25, -0.2) is 4.98 Å². The van der Waals surface area contributed by atoms with E-state index in [-0.39, 0.29) is 12.0 Å². The lowest BCUT2D eigenvalue weighted by Crippen LogP contribution is -2.24. The first-order valence-corrected chi connectivity index (χ1v) is 7.16. The van der Waals surface area contributed by atoms with E-state index in [1.54, 1.807) is 6.07 Å². The van der Waals surface area contributed by atoms with Gasteiger partial charge in [-0.15, -0.1) is 0 Å². The number of anilines is 1. The van der Waals surface area contributed by atoms with Crippen molar-refractivity contribution in [2.24, 2.45) is 0 Å². The Morgan fingerprint density at radius 2 is 2.24 bits per heavy atom. The molecule has 2 aromatic rings. The lowest BCUT2D eigenvalue weighted by atomic mass is 10.2. The smallest absolute Gasteiger partial charge is 0.229 e. The maximum absolute atomic E-state index is 8.98. The van der Waals surface area contributed by atoms with Crippen molar-refractivity contribution in [2.45, 2.75) is 38.6 Å². The quantitative estimate of drug-likeness (QED) is 0.861. The zero-order chi connectivity index (χ0) is 14.8. The highest BCUT2D eigenvalue weighted by Gasteiger charge is 2.31. The molecule has 1 aliphatic rings. The number of nitrogens with zero attached hydrogens (tertiary/aromatic N) is 5. The summed E-state index contributed by atoms with van der Waals surface area (Å²) in [4.78, 5) is 11.0. The molecule has 108 valence electrons. The number of rotatable bonds is 3. The monoisotopic (exact) mass is 283 g/mol. The molecule has 6 nitrogen and oxygen atoms in total. The molecule has 21 heavy (non-hydrogen) atoms. The van der Waals surface area contributed by atoms with Crippen LogP contribution in [-0.4, -0.2) is 21.7 Å². The molecule has 1 atom stereocenters. The molecule has 1 fully saturated rings. The molecule has 1 unspecified atom stereocenters. The lowest BCUT2D eigenvalue weighted by Gasteiger charge is -2.23. The van der Waals surface area contributed by atoms with Crippen molar-refractivity contribution in [1.29, 1.82) is 5.26 Å². The van der Waals surface area contributed by atoms with Crippen molar-refractivity contribution in [2.75, 3.05) is 11.4 Å². The molecule has 6 heteroatoms. The van der Waals surface area contributed by atoms with Gasteiger partial charge >= 0.3 is 0 Å². The molecular formula is C15H17N5O. The first-order valence-electron chi connectivity index (χ1n) is 7.16. The van der Waals surface area contributed by atoms with E-state index in [2.05, 4.69) is 26.1 Å². The van der Waals surface area contributed by atoms with E-state index in [9.17, 15) is 0 Å². The van der Waals surface area contributed by atoms with Gasteiger partial charge in [-0.3, -0.25) is 0 Å². The average molecular weight is 283 g/mol. The fourth-order valence-corrected chi connectivity index (χ4v) is 2.57. The molecule has 0 spiro atoms. The Morgan fingerprint density at radius 3 is 2.95 bits per heavy atom. The molecular weight excluding hydrogens is 266 g/mol. The van der Waals surface area contributed by atoms with Crippen molar-refractivity contribution < 1.29 is 4.52 Å². The van der Waals surface area contributed by atoms with Gasteiger partial charge in [0.25, 0.3) is 0 Å². The zero-order valence-electron chi connectivity index (χ0n) is 12.2. The predicted octanol–water partition coefficient (Wildman–Crippen LogP) is 2.80. The van der Waals surface area contributed by atoms with E-state index < -0.39 is 0 Å². The number of nitriles is 1. The van der Waals surface area contributed by atoms with Gasteiger partial charge in [0.2, 0.25) is 5.89 Å². The summed E-state index contributed by atoms with van der Waals surface area (Å²) in [5, 5.41) is 13.1. The Labute approximate surface area is 123 Å². The van der Waals surface area contributed by atoms with E-state index in [4.69, 9.17) is 9.78 Å². The Bertz CT molecular complexity index is 673. The normalized spacial score (nSPS) is 18.2. The lowest BCUT2D eigenvalue weighted by molar-refractivity contribution is 0.358. The topological polar surface area (TPSA) is 78.8 Å². The molecule has 0 N–H and O–H groups in total. The van der Waals surface area contributed by atoms with Crippen LogP contribution in [0.15, 0.2) is 22.7 Å². The van der Waals surface area contributed by atoms with Crippen LogP contribution in [0.2, 0.25) is 0 Å². The van der Waals surface area contributed by atoms with Crippen molar-refractivity contribution >= 4 is 5.82 Å². The van der Waals surface area contributed by atoms with Gasteiger partial charge in [0.05, 0.1) is 6.04 Å². The van der Waals surface area contributed by atoms with Crippen LogP contribution >= 0.6 is 0 Å². The molecule has 2 aromatic heterocycles. The summed E-state index contributed by atoms with van der Waals surface area (Å²) in [7, 11) is 0. The molecule has 3 heterocycles. The molecule has 1 aliphatic heterocycles. The van der Waals surface area contributed by atoms with Crippen LogP contribution in [0.25, 0.3) is 0 Å². The Morgan fingerprint density at radius 1 is 1.38 bits per heavy atom. The van der Waals surface area contributed by atoms with Gasteiger partial charge in [0.1, 0.15) is 17.6 Å². The summed E-state index contributed by atoms with van der Waals surface area (Å²) in [5.41, 5.74) is 0.425. The number of pyridine rings is 1. The second kappa shape index (κ2) is 5.52. The fourth-order valence-electron chi connectivity index (χ4n) is 2.57. The third-order valence-electron chi connectivity index (χ3n) is 3.65. The molecule has 0 saturated carbocycles. The molecule has 0 bridgehead atoms. The van der Waals surface area contributed by atoms with E-state index in [0.29, 0.717) is 17.4 Å². The first kappa shape index (κ1) is 13.6. The van der Waals surface area contributed by atoms with Crippen molar-refractivity contribution in [3.05, 3.63) is 35.6 Å². The zero-order valence-corrected chi connectivity index (χ0v) is 12.2. The molecule has 0 amide bonds. The van der Waals surface area contributed by atoms with Crippen LogP contribution in [0.1, 0.15) is 56.1 Å². The summed E-state index contributed by atoms with van der Waals surface area (Å²) >= 11 is 0. The van der Waals surface area contributed by atoms with Crippen molar-refractivity contribution in [3.8, 4) is 6.07 Å². The summed E-state index contributed by atoms with van der Waals surface area (Å²) in [6.45, 7) is 4.95. The molecule has 3 rings (SSSR count). The second-order valence-corrected chi connectivity index (χ2v) is 5.49. The van der Waals surface area contributed by atoms with Crippen molar-refractivity contribution in [1.82, 2.24) is 15.1 Å². The Kier molecular flexibility index (Phi) is 3.57. The minimum Gasteiger partial charge on any atom is -0.346 e. The summed E-state index contributed by atoms with van der Waals surface area (Å²) < 4.78 is 5.31. The van der Waals surface area contributed by atoms with Crippen LogP contribution in [0, 0.1) is 11.3 Å². The van der Waals surface area contributed by atoms with Crippen LogP contribution in [-0.2, 0) is 0 Å². The van der Waals surface area contributed by atoms with Crippen LogP contribution in [0.5, 0.6) is 0 Å². The summed E-state index contributed by atoms with van der Waals surface area (Å²) in [5.74, 6) is 2.39. The molecule has 0 aliphatic carbocycles. The van der Waals surface area contributed by atoms with E-state index in [1.807, 2.05) is 26.0 Å². The fraction of sp³-hybridized carbons (Fsp3) is 0.467. The average Bonchev–Trinajstić information content (AvgIpc) is 3.15. The molecule has 1 saturated heterocycles. The highest BCUT2D eigenvalue weighted by atomic mass is 16.5. The van der Waals surface area contributed by atoms with E-state index >= 15 is 0 Å². The second-order valence-electron chi connectivity index (χ2n) is 5.49. The molecule has 0 radical (unpaired) electrons. The predicted molar refractivity (Wildman–Crippen MR) is 76.7 cm³/mol. The maximum atomic E-state index is 8.98. The maximum Gasteiger partial charge on any atom is 0.229 e. The number of hydrogen-bond acceptors (Lipinski definition) is 6. The SMILES string of the molecule is CC(C)c1nc(C2CCCN2c2cccc(C#N)n2)no1. The minimum absolute atomic E-state index is 0.0719. The van der Waals surface area contributed by atoms with Crippen LogP contribution in [0.4, 0.5) is 5.82 Å². The highest BCUT2D eigenvalue weighted by Crippen LogP contribution is 2.34. The van der Waals surface area contributed by atoms with Gasteiger partial charge in [0.15, 0.2) is 5.82 Å². The van der Waals surface area contributed by atoms with Crippen LogP contribution in [0.3, 0.4) is 0 Å². The van der Waals surface area contributed by atoms with Gasteiger partial charge in [-0.2, -0.15) is 10.2 Å². The number of hydrogen-bond donors (Lipinski definition) is 0. The van der Waals surface area contributed by atoms with E-state index in [0.717, 1.165) is 25.2 Å². The third kappa shape index (κ3) is 2.59. The molecule has 0 aromatic carbocycles. The first-order chi connectivity index (χ1) is 10.2. The highest BCUT2D eigenvalue weighted by molar-refractivity contribution is 5.44. The Hall–Kier alpha value is -2.42. The number of aromatic nitrogens is 3. The standard InChI is InChI=1S/C15H17N5O/c1-10(2)15-18-14(19-21-15)12-6-4-8-20(12)13-7-3-5-11(9-16)17-13/h3,5,7,10,12H,4,6,8H2,1-2H3.